The highest BCUT2D eigenvalue weighted by Crippen LogP contribution is 2.14. The highest BCUT2D eigenvalue weighted by Gasteiger charge is 2.04. The van der Waals surface area contributed by atoms with Crippen molar-refractivity contribution in [1.29, 1.82) is 0 Å². The number of anilines is 1. The molecular weight excluding hydrogens is 286 g/mol. The maximum absolute atomic E-state index is 9.83. The molecule has 21 heavy (non-hydrogen) atoms. The Morgan fingerprint density at radius 1 is 1.19 bits per heavy atom. The molecule has 0 saturated carbocycles. The molecule has 0 saturated heterocycles. The first kappa shape index (κ1) is 18.3. The van der Waals surface area contributed by atoms with Crippen molar-refractivity contribution < 1.29 is 9.84 Å². The van der Waals surface area contributed by atoms with Crippen molar-refractivity contribution in [2.75, 3.05) is 25.1 Å². The van der Waals surface area contributed by atoms with E-state index in [2.05, 4.69) is 12.2 Å². The Hall–Kier alpha value is -0.770. The van der Waals surface area contributed by atoms with Crippen molar-refractivity contribution in [2.24, 2.45) is 0 Å². The molecule has 1 unspecified atom stereocenters. The standard InChI is InChI=1S/C17H28ClNO2/c1-2-3-4-5-6-7-11-21-14-17(20)13-19-16-10-8-9-15(18)12-16/h8-10,12,17,19-20H,2-7,11,13-14H2,1H3. The van der Waals surface area contributed by atoms with E-state index in [9.17, 15) is 5.11 Å². The minimum absolute atomic E-state index is 0.378. The molecule has 1 rings (SSSR count). The maximum atomic E-state index is 9.83. The lowest BCUT2D eigenvalue weighted by molar-refractivity contribution is 0.0416. The van der Waals surface area contributed by atoms with Gasteiger partial charge >= 0.3 is 0 Å². The number of halogens is 1. The molecule has 0 aliphatic carbocycles. The first-order valence-electron chi connectivity index (χ1n) is 7.97. The van der Waals surface area contributed by atoms with E-state index in [1.807, 2.05) is 24.3 Å². The molecule has 3 nitrogen and oxygen atoms in total. The van der Waals surface area contributed by atoms with E-state index in [0.717, 1.165) is 18.7 Å². The predicted molar refractivity (Wildman–Crippen MR) is 90.1 cm³/mol. The van der Waals surface area contributed by atoms with Crippen LogP contribution in [0, 0.1) is 0 Å². The molecule has 0 amide bonds. The Bertz CT molecular complexity index is 374. The van der Waals surface area contributed by atoms with Gasteiger partial charge in [-0.2, -0.15) is 0 Å². The number of hydrogen-bond donors (Lipinski definition) is 2. The van der Waals surface area contributed by atoms with Crippen LogP contribution in [0.4, 0.5) is 5.69 Å². The van der Waals surface area contributed by atoms with Crippen LogP contribution >= 0.6 is 11.6 Å². The smallest absolute Gasteiger partial charge is 0.0945 e. The number of ether oxygens (including phenoxy) is 1. The van der Waals surface area contributed by atoms with Crippen LogP contribution in [0.5, 0.6) is 0 Å². The summed E-state index contributed by atoms with van der Waals surface area (Å²) in [6.45, 7) is 3.81. The number of aliphatic hydroxyl groups excluding tert-OH is 1. The molecule has 0 aromatic heterocycles. The van der Waals surface area contributed by atoms with Crippen LogP contribution in [-0.4, -0.2) is 31.0 Å². The van der Waals surface area contributed by atoms with Crippen LogP contribution < -0.4 is 5.32 Å². The summed E-state index contributed by atoms with van der Waals surface area (Å²) in [5.74, 6) is 0. The lowest BCUT2D eigenvalue weighted by atomic mass is 10.1. The number of rotatable bonds is 12. The van der Waals surface area contributed by atoms with Crippen molar-refractivity contribution in [1.82, 2.24) is 0 Å². The van der Waals surface area contributed by atoms with E-state index in [4.69, 9.17) is 16.3 Å². The number of hydrogen-bond acceptors (Lipinski definition) is 3. The Morgan fingerprint density at radius 3 is 2.71 bits per heavy atom. The van der Waals surface area contributed by atoms with Crippen LogP contribution in [0.25, 0.3) is 0 Å². The molecule has 0 aliphatic heterocycles. The molecule has 120 valence electrons. The van der Waals surface area contributed by atoms with E-state index in [1.165, 1.54) is 32.1 Å². The van der Waals surface area contributed by atoms with Gasteiger partial charge in [-0.3, -0.25) is 0 Å². The highest BCUT2D eigenvalue weighted by molar-refractivity contribution is 6.30. The van der Waals surface area contributed by atoms with Gasteiger partial charge in [0.05, 0.1) is 12.7 Å². The number of unbranched alkanes of at least 4 members (excludes halogenated alkanes) is 5. The SMILES string of the molecule is CCCCCCCCOCC(O)CNc1cccc(Cl)c1. The summed E-state index contributed by atoms with van der Waals surface area (Å²) in [6.07, 6.45) is 7.02. The molecule has 0 aliphatic rings. The second-order valence-corrected chi connectivity index (χ2v) is 5.82. The Kier molecular flexibility index (Phi) is 10.3. The highest BCUT2D eigenvalue weighted by atomic mass is 35.5. The van der Waals surface area contributed by atoms with Gasteiger partial charge in [-0.05, 0) is 24.6 Å². The minimum Gasteiger partial charge on any atom is -0.389 e. The predicted octanol–water partition coefficient (Wildman–Crippen LogP) is 4.49. The van der Waals surface area contributed by atoms with Crippen molar-refractivity contribution in [3.63, 3.8) is 0 Å². The van der Waals surface area contributed by atoms with Crippen LogP contribution in [0.1, 0.15) is 45.4 Å². The topological polar surface area (TPSA) is 41.5 Å². The summed E-state index contributed by atoms with van der Waals surface area (Å²) in [4.78, 5) is 0. The normalized spacial score (nSPS) is 12.3. The fourth-order valence-corrected chi connectivity index (χ4v) is 2.29. The molecule has 0 fully saturated rings. The summed E-state index contributed by atoms with van der Waals surface area (Å²) in [7, 11) is 0. The van der Waals surface area contributed by atoms with Gasteiger partial charge in [0.25, 0.3) is 0 Å². The van der Waals surface area contributed by atoms with Crippen LogP contribution in [0.3, 0.4) is 0 Å². The van der Waals surface area contributed by atoms with E-state index >= 15 is 0 Å². The Balaban J connectivity index is 1.97. The molecule has 0 radical (unpaired) electrons. The third-order valence-corrected chi connectivity index (χ3v) is 3.55. The molecule has 1 aromatic carbocycles. The summed E-state index contributed by atoms with van der Waals surface area (Å²) in [5.41, 5.74) is 0.914. The largest absolute Gasteiger partial charge is 0.389 e. The fourth-order valence-electron chi connectivity index (χ4n) is 2.10. The average molecular weight is 314 g/mol. The van der Waals surface area contributed by atoms with Gasteiger partial charge in [-0.25, -0.2) is 0 Å². The zero-order valence-corrected chi connectivity index (χ0v) is 13.7. The van der Waals surface area contributed by atoms with Gasteiger partial charge in [-0.15, -0.1) is 0 Å². The lowest BCUT2D eigenvalue weighted by Crippen LogP contribution is -2.25. The zero-order chi connectivity index (χ0) is 15.3. The quantitative estimate of drug-likeness (QED) is 0.559. The summed E-state index contributed by atoms with van der Waals surface area (Å²) >= 11 is 5.90. The summed E-state index contributed by atoms with van der Waals surface area (Å²) in [5, 5.41) is 13.7. The number of benzene rings is 1. The van der Waals surface area contributed by atoms with E-state index < -0.39 is 6.10 Å². The maximum Gasteiger partial charge on any atom is 0.0945 e. The molecular formula is C17H28ClNO2. The number of nitrogens with one attached hydrogen (secondary N) is 1. The molecule has 2 N–H and O–H groups in total. The fraction of sp³-hybridized carbons (Fsp3) is 0.647. The Morgan fingerprint density at radius 2 is 1.95 bits per heavy atom. The van der Waals surface area contributed by atoms with Gasteiger partial charge in [0.1, 0.15) is 0 Å². The van der Waals surface area contributed by atoms with Gasteiger partial charge in [0.2, 0.25) is 0 Å². The van der Waals surface area contributed by atoms with Gasteiger partial charge in [-0.1, -0.05) is 56.7 Å². The molecule has 0 bridgehead atoms. The van der Waals surface area contributed by atoms with E-state index in [0.29, 0.717) is 18.2 Å². The van der Waals surface area contributed by atoms with Gasteiger partial charge in [0, 0.05) is 23.9 Å². The first-order chi connectivity index (χ1) is 10.2. The molecule has 1 atom stereocenters. The second-order valence-electron chi connectivity index (χ2n) is 5.39. The molecule has 4 heteroatoms. The van der Waals surface area contributed by atoms with E-state index in [1.54, 1.807) is 0 Å². The van der Waals surface area contributed by atoms with Gasteiger partial charge in [0.15, 0.2) is 0 Å². The summed E-state index contributed by atoms with van der Waals surface area (Å²) in [6, 6.07) is 7.47. The van der Waals surface area contributed by atoms with Crippen molar-refractivity contribution >= 4 is 17.3 Å². The molecule has 0 spiro atoms. The minimum atomic E-state index is -0.496. The van der Waals surface area contributed by atoms with Crippen LogP contribution in [0.2, 0.25) is 5.02 Å². The van der Waals surface area contributed by atoms with Crippen molar-refractivity contribution in [3.8, 4) is 0 Å². The molecule has 1 aromatic rings. The monoisotopic (exact) mass is 313 g/mol. The lowest BCUT2D eigenvalue weighted by Gasteiger charge is -2.13. The first-order valence-corrected chi connectivity index (χ1v) is 8.35. The van der Waals surface area contributed by atoms with Gasteiger partial charge < -0.3 is 15.2 Å². The van der Waals surface area contributed by atoms with Crippen molar-refractivity contribution in [2.45, 2.75) is 51.6 Å². The Labute approximate surface area is 133 Å². The zero-order valence-electron chi connectivity index (χ0n) is 13.0. The van der Waals surface area contributed by atoms with Crippen LogP contribution in [0.15, 0.2) is 24.3 Å². The third kappa shape index (κ3) is 9.72. The van der Waals surface area contributed by atoms with Crippen LogP contribution in [-0.2, 0) is 4.74 Å². The number of aliphatic hydroxyl groups is 1. The van der Waals surface area contributed by atoms with E-state index in [-0.39, 0.29) is 0 Å². The summed E-state index contributed by atoms with van der Waals surface area (Å²) < 4.78 is 5.50. The van der Waals surface area contributed by atoms with Crippen molar-refractivity contribution in [3.05, 3.63) is 29.3 Å². The molecule has 0 heterocycles. The average Bonchev–Trinajstić information content (AvgIpc) is 2.48. The third-order valence-electron chi connectivity index (χ3n) is 3.32. The second kappa shape index (κ2) is 11.8.